The van der Waals surface area contributed by atoms with Gasteiger partial charge in [0.2, 0.25) is 11.8 Å². The van der Waals surface area contributed by atoms with Gasteiger partial charge in [-0.15, -0.1) is 0 Å². The molecule has 4 aromatic carbocycles. The lowest BCUT2D eigenvalue weighted by Crippen LogP contribution is -2.49. The first-order chi connectivity index (χ1) is 23.7. The van der Waals surface area contributed by atoms with Gasteiger partial charge in [0.1, 0.15) is 17.4 Å². The standard InChI is InChI=1S/C40H47F2N3O4/c1-4-14-45(15-5-2)40(48)24-30-16-29(17-33(18-30)32-11-7-6-8-12-32)23-39(47)44-37(22-31-19-34(41)25-35(42)20-31)38(46)27-43-26-28-10-9-13-36(21-28)49-3/h6-13,16-21,25,37-38,43,46H,4-5,14-15,22-24,26-27H2,1-3H3,(H,44,47)/t37-,38+/m0/s1. The Morgan fingerprint density at radius 2 is 1.45 bits per heavy atom. The Morgan fingerprint density at radius 3 is 2.10 bits per heavy atom. The number of carbonyl (C=O) groups is 2. The molecule has 260 valence electrons. The third-order valence-corrected chi connectivity index (χ3v) is 8.23. The maximum absolute atomic E-state index is 14.1. The molecule has 0 aliphatic rings. The lowest BCUT2D eigenvalue weighted by molar-refractivity contribution is -0.130. The number of hydrogen-bond donors (Lipinski definition) is 3. The third-order valence-electron chi connectivity index (χ3n) is 8.23. The summed E-state index contributed by atoms with van der Waals surface area (Å²) in [4.78, 5) is 28.8. The van der Waals surface area contributed by atoms with Crippen LogP contribution in [-0.2, 0) is 35.4 Å². The number of nitrogens with zero attached hydrogens (tertiary/aromatic N) is 1. The highest BCUT2D eigenvalue weighted by molar-refractivity contribution is 5.82. The molecule has 0 heterocycles. The molecule has 3 N–H and O–H groups in total. The van der Waals surface area contributed by atoms with Crippen LogP contribution in [0.4, 0.5) is 8.78 Å². The molecule has 0 aliphatic heterocycles. The van der Waals surface area contributed by atoms with Gasteiger partial charge in [-0.25, -0.2) is 8.78 Å². The summed E-state index contributed by atoms with van der Waals surface area (Å²) in [5, 5.41) is 17.4. The number of benzene rings is 4. The molecule has 0 aromatic heterocycles. The van der Waals surface area contributed by atoms with Gasteiger partial charge < -0.3 is 25.4 Å². The third kappa shape index (κ3) is 11.8. The number of nitrogens with one attached hydrogen (secondary N) is 2. The van der Waals surface area contributed by atoms with E-state index in [4.69, 9.17) is 4.74 Å². The van der Waals surface area contributed by atoms with Crippen molar-refractivity contribution in [2.45, 2.75) is 64.6 Å². The minimum absolute atomic E-state index is 0.0108. The van der Waals surface area contributed by atoms with E-state index in [1.165, 1.54) is 12.1 Å². The summed E-state index contributed by atoms with van der Waals surface area (Å²) in [5.41, 5.74) is 4.62. The predicted molar refractivity (Wildman–Crippen MR) is 189 cm³/mol. The number of halogens is 2. The maximum atomic E-state index is 14.1. The summed E-state index contributed by atoms with van der Waals surface area (Å²) >= 11 is 0. The van der Waals surface area contributed by atoms with Crippen LogP contribution < -0.4 is 15.4 Å². The number of carbonyl (C=O) groups excluding carboxylic acids is 2. The molecule has 0 aliphatic carbocycles. The van der Waals surface area contributed by atoms with Crippen LogP contribution in [0.15, 0.2) is 91.0 Å². The number of methoxy groups -OCH3 is 1. The molecular formula is C40H47F2N3O4. The molecule has 49 heavy (non-hydrogen) atoms. The SMILES string of the molecule is CCCN(CCC)C(=O)Cc1cc(CC(=O)N[C@@H](Cc2cc(F)cc(F)c2)[C@H](O)CNCc2cccc(OC)c2)cc(-c2ccccc2)c1. The van der Waals surface area contributed by atoms with Crippen molar-refractivity contribution in [1.82, 2.24) is 15.5 Å². The zero-order chi connectivity index (χ0) is 35.2. The van der Waals surface area contributed by atoms with Gasteiger partial charge in [0.05, 0.1) is 32.1 Å². The van der Waals surface area contributed by atoms with Gasteiger partial charge in [-0.2, -0.15) is 0 Å². The molecule has 0 unspecified atom stereocenters. The fourth-order valence-electron chi connectivity index (χ4n) is 5.95. The van der Waals surface area contributed by atoms with Gasteiger partial charge in [0, 0.05) is 32.2 Å². The van der Waals surface area contributed by atoms with E-state index >= 15 is 0 Å². The second-order valence-corrected chi connectivity index (χ2v) is 12.3. The number of ether oxygens (including phenoxy) is 1. The van der Waals surface area contributed by atoms with Crippen LogP contribution >= 0.6 is 0 Å². The van der Waals surface area contributed by atoms with E-state index < -0.39 is 23.8 Å². The number of amides is 2. The highest BCUT2D eigenvalue weighted by atomic mass is 19.1. The Bertz CT molecular complexity index is 1640. The van der Waals surface area contributed by atoms with Crippen LogP contribution in [0.5, 0.6) is 5.75 Å². The first kappa shape index (κ1) is 37.2. The van der Waals surface area contributed by atoms with E-state index in [1.54, 1.807) is 7.11 Å². The predicted octanol–water partition coefficient (Wildman–Crippen LogP) is 6.25. The summed E-state index contributed by atoms with van der Waals surface area (Å²) in [5.74, 6) is -1.09. The first-order valence-corrected chi connectivity index (χ1v) is 16.9. The second-order valence-electron chi connectivity index (χ2n) is 12.3. The quantitative estimate of drug-likeness (QED) is 0.116. The van der Waals surface area contributed by atoms with Crippen molar-refractivity contribution >= 4 is 11.8 Å². The number of aliphatic hydroxyl groups excluding tert-OH is 1. The molecule has 7 nitrogen and oxygen atoms in total. The van der Waals surface area contributed by atoms with E-state index in [-0.39, 0.29) is 37.6 Å². The number of hydrogen-bond acceptors (Lipinski definition) is 5. The molecular weight excluding hydrogens is 624 g/mol. The van der Waals surface area contributed by atoms with Crippen molar-refractivity contribution in [3.05, 3.63) is 125 Å². The Balaban J connectivity index is 1.53. The van der Waals surface area contributed by atoms with Gasteiger partial charge in [0.25, 0.3) is 0 Å². The maximum Gasteiger partial charge on any atom is 0.226 e. The van der Waals surface area contributed by atoms with Gasteiger partial charge in [-0.05, 0) is 76.9 Å². The Hall–Kier alpha value is -4.60. The molecule has 0 saturated carbocycles. The summed E-state index contributed by atoms with van der Waals surface area (Å²) in [6.45, 7) is 6.02. The molecule has 0 fully saturated rings. The van der Waals surface area contributed by atoms with Crippen LogP contribution in [0.25, 0.3) is 11.1 Å². The topological polar surface area (TPSA) is 90.9 Å². The summed E-state index contributed by atoms with van der Waals surface area (Å²) in [6.07, 6.45) is 0.860. The molecule has 0 radical (unpaired) electrons. The van der Waals surface area contributed by atoms with Gasteiger partial charge >= 0.3 is 0 Å². The average Bonchev–Trinajstić information content (AvgIpc) is 3.07. The van der Waals surface area contributed by atoms with E-state index in [0.29, 0.717) is 36.5 Å². The monoisotopic (exact) mass is 671 g/mol. The summed E-state index contributed by atoms with van der Waals surface area (Å²) in [6, 6.07) is 25.4. The first-order valence-electron chi connectivity index (χ1n) is 16.9. The van der Waals surface area contributed by atoms with Gasteiger partial charge in [-0.1, -0.05) is 74.5 Å². The average molecular weight is 672 g/mol. The van der Waals surface area contributed by atoms with Crippen molar-refractivity contribution < 1.29 is 28.2 Å². The number of rotatable bonds is 18. The van der Waals surface area contributed by atoms with Crippen LogP contribution in [0.1, 0.15) is 48.9 Å². The highest BCUT2D eigenvalue weighted by Gasteiger charge is 2.23. The number of aliphatic hydroxyl groups is 1. The van der Waals surface area contributed by atoms with Crippen molar-refractivity contribution in [2.75, 3.05) is 26.7 Å². The van der Waals surface area contributed by atoms with E-state index in [1.807, 2.05) is 77.7 Å². The molecule has 0 spiro atoms. The molecule has 0 saturated heterocycles. The normalized spacial score (nSPS) is 12.3. The zero-order valence-electron chi connectivity index (χ0n) is 28.6. The Kier molecular flexibility index (Phi) is 14.3. The second kappa shape index (κ2) is 18.8. The lowest BCUT2D eigenvalue weighted by atomic mass is 9.96. The summed E-state index contributed by atoms with van der Waals surface area (Å²) in [7, 11) is 1.59. The highest BCUT2D eigenvalue weighted by Crippen LogP contribution is 2.24. The van der Waals surface area contributed by atoms with Crippen molar-refractivity contribution in [2.24, 2.45) is 0 Å². The van der Waals surface area contributed by atoms with Crippen LogP contribution in [0.2, 0.25) is 0 Å². The lowest BCUT2D eigenvalue weighted by Gasteiger charge is -2.25. The fraction of sp³-hybridized carbons (Fsp3) is 0.350. The molecule has 2 atom stereocenters. The van der Waals surface area contributed by atoms with E-state index in [0.717, 1.165) is 41.2 Å². The van der Waals surface area contributed by atoms with Gasteiger partial charge in [-0.3, -0.25) is 9.59 Å². The minimum Gasteiger partial charge on any atom is -0.497 e. The van der Waals surface area contributed by atoms with Crippen molar-refractivity contribution in [3.63, 3.8) is 0 Å². The van der Waals surface area contributed by atoms with Crippen LogP contribution in [0.3, 0.4) is 0 Å². The molecule has 0 bridgehead atoms. The fourth-order valence-corrected chi connectivity index (χ4v) is 5.95. The molecule has 4 rings (SSSR count). The smallest absolute Gasteiger partial charge is 0.226 e. The Labute approximate surface area is 288 Å². The van der Waals surface area contributed by atoms with E-state index in [2.05, 4.69) is 24.5 Å². The molecule has 4 aromatic rings. The van der Waals surface area contributed by atoms with Gasteiger partial charge in [0.15, 0.2) is 0 Å². The minimum atomic E-state index is -1.08. The van der Waals surface area contributed by atoms with Crippen LogP contribution in [0, 0.1) is 11.6 Å². The Morgan fingerprint density at radius 1 is 0.776 bits per heavy atom. The van der Waals surface area contributed by atoms with Crippen LogP contribution in [-0.4, -0.2) is 60.7 Å². The zero-order valence-corrected chi connectivity index (χ0v) is 28.6. The van der Waals surface area contributed by atoms with Crippen molar-refractivity contribution in [1.29, 1.82) is 0 Å². The molecule has 2 amide bonds. The van der Waals surface area contributed by atoms with E-state index in [9.17, 15) is 23.5 Å². The largest absolute Gasteiger partial charge is 0.497 e. The van der Waals surface area contributed by atoms with Crippen molar-refractivity contribution in [3.8, 4) is 16.9 Å². The summed E-state index contributed by atoms with van der Waals surface area (Å²) < 4.78 is 33.5. The molecule has 9 heteroatoms.